The van der Waals surface area contributed by atoms with E-state index in [-0.39, 0.29) is 12.7 Å². The van der Waals surface area contributed by atoms with Crippen molar-refractivity contribution >= 4 is 0 Å². The third kappa shape index (κ3) is 4.47. The number of ether oxygens (including phenoxy) is 3. The van der Waals surface area contributed by atoms with Crippen molar-refractivity contribution in [3.63, 3.8) is 0 Å². The van der Waals surface area contributed by atoms with Gasteiger partial charge in [0, 0.05) is 13.7 Å². The van der Waals surface area contributed by atoms with E-state index in [4.69, 9.17) is 19.3 Å². The Hall–Kier alpha value is -0.160. The molecule has 1 aliphatic rings. The summed E-state index contributed by atoms with van der Waals surface area (Å²) in [5, 5.41) is 9.03. The normalized spacial score (nSPS) is 31.0. The summed E-state index contributed by atoms with van der Waals surface area (Å²) in [7, 11) is 1.62. The molecule has 0 aromatic rings. The van der Waals surface area contributed by atoms with E-state index in [0.717, 1.165) is 19.3 Å². The van der Waals surface area contributed by atoms with Gasteiger partial charge >= 0.3 is 0 Å². The minimum atomic E-state index is 0.0369. The Balaban J connectivity index is 2.03. The molecule has 0 spiro atoms. The van der Waals surface area contributed by atoms with E-state index in [0.29, 0.717) is 25.4 Å². The Morgan fingerprint density at radius 2 is 2.27 bits per heavy atom. The average Bonchev–Trinajstić information content (AvgIpc) is 2.59. The Labute approximate surface area is 91.5 Å². The number of aliphatic hydroxyl groups excluding tert-OH is 1. The standard InChI is InChI=1S/C11H22O4/c1-9-6-10(15-11(9)7-12)4-3-5-14-8-13-2/h9-12H,3-8H2,1-2H3/t9-,10-,11+/m1/s1. The third-order valence-corrected chi connectivity index (χ3v) is 2.83. The summed E-state index contributed by atoms with van der Waals surface area (Å²) in [5.74, 6) is 0.472. The highest BCUT2D eigenvalue weighted by atomic mass is 16.7. The van der Waals surface area contributed by atoms with Crippen molar-refractivity contribution in [2.75, 3.05) is 27.1 Å². The molecule has 15 heavy (non-hydrogen) atoms. The van der Waals surface area contributed by atoms with Crippen LogP contribution in [-0.4, -0.2) is 44.4 Å². The van der Waals surface area contributed by atoms with Gasteiger partial charge in [-0.15, -0.1) is 0 Å². The van der Waals surface area contributed by atoms with Gasteiger partial charge in [-0.1, -0.05) is 6.92 Å². The summed E-state index contributed by atoms with van der Waals surface area (Å²) in [6.45, 7) is 3.34. The van der Waals surface area contributed by atoms with Crippen LogP contribution in [0.15, 0.2) is 0 Å². The summed E-state index contributed by atoms with van der Waals surface area (Å²) in [6, 6.07) is 0. The first-order chi connectivity index (χ1) is 7.27. The van der Waals surface area contributed by atoms with Crippen LogP contribution in [0.5, 0.6) is 0 Å². The maximum absolute atomic E-state index is 9.03. The molecule has 1 saturated heterocycles. The molecule has 1 heterocycles. The van der Waals surface area contributed by atoms with Crippen molar-refractivity contribution in [3.8, 4) is 0 Å². The fourth-order valence-electron chi connectivity index (χ4n) is 1.97. The zero-order chi connectivity index (χ0) is 11.1. The fourth-order valence-corrected chi connectivity index (χ4v) is 1.97. The van der Waals surface area contributed by atoms with Crippen LogP contribution in [0.1, 0.15) is 26.2 Å². The van der Waals surface area contributed by atoms with Gasteiger partial charge in [-0.2, -0.15) is 0 Å². The molecule has 1 N–H and O–H groups in total. The van der Waals surface area contributed by atoms with E-state index in [1.54, 1.807) is 7.11 Å². The maximum atomic E-state index is 9.03. The molecule has 0 radical (unpaired) electrons. The first-order valence-corrected chi connectivity index (χ1v) is 5.61. The Bertz CT molecular complexity index is 163. The molecule has 1 aliphatic heterocycles. The highest BCUT2D eigenvalue weighted by molar-refractivity contribution is 4.78. The number of rotatable bonds is 7. The summed E-state index contributed by atoms with van der Waals surface area (Å²) in [5.41, 5.74) is 0. The Morgan fingerprint density at radius 3 is 2.87 bits per heavy atom. The van der Waals surface area contributed by atoms with Gasteiger partial charge in [0.2, 0.25) is 0 Å². The topological polar surface area (TPSA) is 47.9 Å². The molecule has 0 aliphatic carbocycles. The van der Waals surface area contributed by atoms with Crippen molar-refractivity contribution in [3.05, 3.63) is 0 Å². The predicted molar refractivity (Wildman–Crippen MR) is 56.6 cm³/mol. The quantitative estimate of drug-likeness (QED) is 0.515. The minimum Gasteiger partial charge on any atom is -0.394 e. The van der Waals surface area contributed by atoms with Gasteiger partial charge in [-0.25, -0.2) is 0 Å². The van der Waals surface area contributed by atoms with Crippen LogP contribution >= 0.6 is 0 Å². The second kappa shape index (κ2) is 7.17. The summed E-state index contributed by atoms with van der Waals surface area (Å²) >= 11 is 0. The van der Waals surface area contributed by atoms with Crippen LogP contribution in [0, 0.1) is 5.92 Å². The van der Waals surface area contributed by atoms with Crippen LogP contribution in [0.4, 0.5) is 0 Å². The Kier molecular flexibility index (Phi) is 6.17. The van der Waals surface area contributed by atoms with Crippen LogP contribution in [-0.2, 0) is 14.2 Å². The molecule has 0 aromatic heterocycles. The van der Waals surface area contributed by atoms with Crippen molar-refractivity contribution in [1.29, 1.82) is 0 Å². The highest BCUT2D eigenvalue weighted by Gasteiger charge is 2.30. The fraction of sp³-hybridized carbons (Fsp3) is 1.00. The van der Waals surface area contributed by atoms with Crippen molar-refractivity contribution in [2.45, 2.75) is 38.4 Å². The summed E-state index contributed by atoms with van der Waals surface area (Å²) < 4.78 is 15.7. The SMILES string of the molecule is COCOCCC[C@@H]1C[C@@H](C)[C@H](CO)O1. The molecule has 0 unspecified atom stereocenters. The first kappa shape index (κ1) is 12.9. The summed E-state index contributed by atoms with van der Waals surface area (Å²) in [6.07, 6.45) is 3.37. The highest BCUT2D eigenvalue weighted by Crippen LogP contribution is 2.28. The molecule has 0 aromatic carbocycles. The van der Waals surface area contributed by atoms with E-state index in [1.807, 2.05) is 0 Å². The monoisotopic (exact) mass is 218 g/mol. The molecule has 1 rings (SSSR count). The average molecular weight is 218 g/mol. The zero-order valence-corrected chi connectivity index (χ0v) is 9.65. The zero-order valence-electron chi connectivity index (χ0n) is 9.65. The number of aliphatic hydroxyl groups is 1. The number of hydrogen-bond donors (Lipinski definition) is 1. The molecule has 4 nitrogen and oxygen atoms in total. The van der Waals surface area contributed by atoms with E-state index < -0.39 is 0 Å². The van der Waals surface area contributed by atoms with Gasteiger partial charge in [0.05, 0.1) is 18.8 Å². The van der Waals surface area contributed by atoms with Crippen molar-refractivity contribution in [2.24, 2.45) is 5.92 Å². The lowest BCUT2D eigenvalue weighted by Gasteiger charge is -2.12. The maximum Gasteiger partial charge on any atom is 0.146 e. The Morgan fingerprint density at radius 1 is 1.47 bits per heavy atom. The smallest absolute Gasteiger partial charge is 0.146 e. The second-order valence-electron chi connectivity index (χ2n) is 4.15. The van der Waals surface area contributed by atoms with Crippen LogP contribution < -0.4 is 0 Å². The number of hydrogen-bond acceptors (Lipinski definition) is 4. The lowest BCUT2D eigenvalue weighted by Crippen LogP contribution is -2.18. The van der Waals surface area contributed by atoms with Gasteiger partial charge < -0.3 is 19.3 Å². The van der Waals surface area contributed by atoms with E-state index in [2.05, 4.69) is 6.92 Å². The first-order valence-electron chi connectivity index (χ1n) is 5.61. The van der Waals surface area contributed by atoms with Crippen molar-refractivity contribution in [1.82, 2.24) is 0 Å². The molecular weight excluding hydrogens is 196 g/mol. The third-order valence-electron chi connectivity index (χ3n) is 2.83. The lowest BCUT2D eigenvalue weighted by atomic mass is 10.0. The molecule has 0 bridgehead atoms. The van der Waals surface area contributed by atoms with E-state index >= 15 is 0 Å². The van der Waals surface area contributed by atoms with Crippen LogP contribution in [0.3, 0.4) is 0 Å². The van der Waals surface area contributed by atoms with E-state index in [1.165, 1.54) is 0 Å². The van der Waals surface area contributed by atoms with Gasteiger partial charge in [-0.3, -0.25) is 0 Å². The minimum absolute atomic E-state index is 0.0369. The summed E-state index contributed by atoms with van der Waals surface area (Å²) in [4.78, 5) is 0. The van der Waals surface area contributed by atoms with Crippen LogP contribution in [0.2, 0.25) is 0 Å². The molecule has 0 amide bonds. The van der Waals surface area contributed by atoms with Crippen LogP contribution in [0.25, 0.3) is 0 Å². The second-order valence-corrected chi connectivity index (χ2v) is 4.15. The van der Waals surface area contributed by atoms with Gasteiger partial charge in [0.25, 0.3) is 0 Å². The van der Waals surface area contributed by atoms with Gasteiger partial charge in [0.15, 0.2) is 0 Å². The molecular formula is C11H22O4. The lowest BCUT2D eigenvalue weighted by molar-refractivity contribution is -0.0386. The molecule has 1 fully saturated rings. The largest absolute Gasteiger partial charge is 0.394 e. The number of methoxy groups -OCH3 is 1. The van der Waals surface area contributed by atoms with Crippen molar-refractivity contribution < 1.29 is 19.3 Å². The van der Waals surface area contributed by atoms with Gasteiger partial charge in [0.1, 0.15) is 6.79 Å². The molecule has 0 saturated carbocycles. The predicted octanol–water partition coefficient (Wildman–Crippen LogP) is 1.17. The molecule has 3 atom stereocenters. The molecule has 4 heteroatoms. The van der Waals surface area contributed by atoms with Gasteiger partial charge in [-0.05, 0) is 25.2 Å². The molecule has 90 valence electrons. The van der Waals surface area contributed by atoms with E-state index in [9.17, 15) is 0 Å².